The summed E-state index contributed by atoms with van der Waals surface area (Å²) >= 11 is 0. The van der Waals surface area contributed by atoms with Crippen LogP contribution < -0.4 is 5.32 Å². The first kappa shape index (κ1) is 17.2. The molecule has 0 saturated carbocycles. The molecule has 0 aliphatic carbocycles. The average molecular weight is 285 g/mol. The van der Waals surface area contributed by atoms with Crippen molar-refractivity contribution in [3.8, 4) is 0 Å². The van der Waals surface area contributed by atoms with Crippen molar-refractivity contribution in [1.82, 2.24) is 10.2 Å². The minimum atomic E-state index is 0.665. The summed E-state index contributed by atoms with van der Waals surface area (Å²) in [5, 5.41) is 3.44. The van der Waals surface area contributed by atoms with Gasteiger partial charge in [-0.25, -0.2) is 0 Å². The van der Waals surface area contributed by atoms with Crippen LogP contribution in [0.25, 0.3) is 0 Å². The standard InChI is InChI=1S/C15H31N3O2/c1-13-10-14(2)12-18(11-13)15(16-3)17-6-5-7-20-9-8-19-4/h13-14H,5-12H2,1-4H3,(H,16,17). The third-order valence-electron chi connectivity index (χ3n) is 3.56. The first-order valence-electron chi connectivity index (χ1n) is 7.69. The predicted octanol–water partition coefficient (Wildman–Crippen LogP) is 1.59. The van der Waals surface area contributed by atoms with Crippen LogP contribution in [0.3, 0.4) is 0 Å². The molecule has 5 heteroatoms. The molecule has 20 heavy (non-hydrogen) atoms. The summed E-state index contributed by atoms with van der Waals surface area (Å²) in [6.07, 6.45) is 2.31. The molecule has 0 spiro atoms. The van der Waals surface area contributed by atoms with Gasteiger partial charge < -0.3 is 19.7 Å². The van der Waals surface area contributed by atoms with Crippen molar-refractivity contribution in [2.45, 2.75) is 26.7 Å². The number of ether oxygens (including phenoxy) is 2. The van der Waals surface area contributed by atoms with Crippen LogP contribution in [0.2, 0.25) is 0 Å². The number of piperidine rings is 1. The molecule has 0 aromatic heterocycles. The van der Waals surface area contributed by atoms with Crippen molar-refractivity contribution < 1.29 is 9.47 Å². The second-order valence-electron chi connectivity index (χ2n) is 5.78. The molecule has 1 aliphatic heterocycles. The van der Waals surface area contributed by atoms with Gasteiger partial charge in [0.05, 0.1) is 13.2 Å². The van der Waals surface area contributed by atoms with Gasteiger partial charge in [-0.1, -0.05) is 13.8 Å². The van der Waals surface area contributed by atoms with Crippen LogP contribution in [-0.4, -0.2) is 64.5 Å². The quantitative estimate of drug-likeness (QED) is 0.438. The number of hydrogen-bond donors (Lipinski definition) is 1. The van der Waals surface area contributed by atoms with Gasteiger partial charge in [0, 0.05) is 40.4 Å². The van der Waals surface area contributed by atoms with Crippen molar-refractivity contribution in [2.24, 2.45) is 16.8 Å². The molecule has 1 heterocycles. The molecular weight excluding hydrogens is 254 g/mol. The third kappa shape index (κ3) is 6.57. The minimum Gasteiger partial charge on any atom is -0.382 e. The number of methoxy groups -OCH3 is 1. The lowest BCUT2D eigenvalue weighted by molar-refractivity contribution is 0.0697. The SMILES string of the molecule is CN=C(NCCCOCCOC)N1CC(C)CC(C)C1. The Kier molecular flexibility index (Phi) is 8.62. The molecule has 5 nitrogen and oxygen atoms in total. The van der Waals surface area contributed by atoms with Gasteiger partial charge in [0.25, 0.3) is 0 Å². The van der Waals surface area contributed by atoms with Crippen LogP contribution in [0, 0.1) is 11.8 Å². The summed E-state index contributed by atoms with van der Waals surface area (Å²) in [6, 6.07) is 0. The van der Waals surface area contributed by atoms with E-state index in [1.54, 1.807) is 7.11 Å². The maximum atomic E-state index is 5.45. The van der Waals surface area contributed by atoms with E-state index in [-0.39, 0.29) is 0 Å². The highest BCUT2D eigenvalue weighted by Crippen LogP contribution is 2.20. The normalized spacial score (nSPS) is 24.0. The summed E-state index contributed by atoms with van der Waals surface area (Å²) in [7, 11) is 3.55. The van der Waals surface area contributed by atoms with Gasteiger partial charge in [-0.05, 0) is 24.7 Å². The lowest BCUT2D eigenvalue weighted by Crippen LogP contribution is -2.48. The average Bonchev–Trinajstić information content (AvgIpc) is 2.41. The summed E-state index contributed by atoms with van der Waals surface area (Å²) in [6.45, 7) is 9.85. The predicted molar refractivity (Wildman–Crippen MR) is 83.2 cm³/mol. The van der Waals surface area contributed by atoms with E-state index in [1.165, 1.54) is 6.42 Å². The van der Waals surface area contributed by atoms with Crippen LogP contribution in [0.15, 0.2) is 4.99 Å². The molecule has 0 amide bonds. The highest BCUT2D eigenvalue weighted by Gasteiger charge is 2.23. The Balaban J connectivity index is 2.19. The zero-order chi connectivity index (χ0) is 14.8. The Labute approximate surface area is 123 Å². The first-order chi connectivity index (χ1) is 9.67. The molecule has 0 radical (unpaired) electrons. The van der Waals surface area contributed by atoms with E-state index >= 15 is 0 Å². The molecular formula is C15H31N3O2. The number of aliphatic imine (C=N–C) groups is 1. The van der Waals surface area contributed by atoms with E-state index in [0.29, 0.717) is 13.2 Å². The fraction of sp³-hybridized carbons (Fsp3) is 0.933. The van der Waals surface area contributed by atoms with Crippen LogP contribution in [0.1, 0.15) is 26.7 Å². The number of rotatable bonds is 7. The molecule has 1 N–H and O–H groups in total. The molecule has 1 aliphatic rings. The van der Waals surface area contributed by atoms with Gasteiger partial charge in [-0.2, -0.15) is 0 Å². The third-order valence-corrected chi connectivity index (χ3v) is 3.56. The smallest absolute Gasteiger partial charge is 0.193 e. The highest BCUT2D eigenvalue weighted by atomic mass is 16.5. The second kappa shape index (κ2) is 10.00. The van der Waals surface area contributed by atoms with E-state index in [1.807, 2.05) is 7.05 Å². The van der Waals surface area contributed by atoms with Crippen molar-refractivity contribution in [3.63, 3.8) is 0 Å². The Morgan fingerprint density at radius 1 is 1.20 bits per heavy atom. The molecule has 1 rings (SSSR count). The summed E-state index contributed by atoms with van der Waals surface area (Å²) in [4.78, 5) is 6.78. The largest absolute Gasteiger partial charge is 0.382 e. The van der Waals surface area contributed by atoms with Crippen molar-refractivity contribution in [2.75, 3.05) is 53.6 Å². The fourth-order valence-electron chi connectivity index (χ4n) is 2.79. The molecule has 1 saturated heterocycles. The van der Waals surface area contributed by atoms with Gasteiger partial charge in [-0.3, -0.25) is 4.99 Å². The number of hydrogen-bond acceptors (Lipinski definition) is 3. The van der Waals surface area contributed by atoms with E-state index in [4.69, 9.17) is 9.47 Å². The lowest BCUT2D eigenvalue weighted by Gasteiger charge is -2.37. The topological polar surface area (TPSA) is 46.1 Å². The second-order valence-corrected chi connectivity index (χ2v) is 5.78. The highest BCUT2D eigenvalue weighted by molar-refractivity contribution is 5.79. The molecule has 0 bridgehead atoms. The maximum absolute atomic E-state index is 5.45. The number of nitrogens with one attached hydrogen (secondary N) is 1. The zero-order valence-electron chi connectivity index (χ0n) is 13.5. The first-order valence-corrected chi connectivity index (χ1v) is 7.69. The van der Waals surface area contributed by atoms with Crippen molar-refractivity contribution in [3.05, 3.63) is 0 Å². The number of likely N-dealkylation sites (tertiary alicyclic amines) is 1. The Hall–Kier alpha value is -0.810. The van der Waals surface area contributed by atoms with E-state index in [0.717, 1.165) is 50.5 Å². The van der Waals surface area contributed by atoms with Crippen LogP contribution in [-0.2, 0) is 9.47 Å². The van der Waals surface area contributed by atoms with Gasteiger partial charge >= 0.3 is 0 Å². The number of guanidine groups is 1. The Bertz CT molecular complexity index is 274. The summed E-state index contributed by atoms with van der Waals surface area (Å²) < 4.78 is 10.4. The van der Waals surface area contributed by atoms with Gasteiger partial charge in [0.1, 0.15) is 0 Å². The maximum Gasteiger partial charge on any atom is 0.193 e. The molecule has 0 aromatic rings. The van der Waals surface area contributed by atoms with E-state index < -0.39 is 0 Å². The van der Waals surface area contributed by atoms with Gasteiger partial charge in [-0.15, -0.1) is 0 Å². The van der Waals surface area contributed by atoms with Crippen molar-refractivity contribution in [1.29, 1.82) is 0 Å². The molecule has 2 atom stereocenters. The fourth-order valence-corrected chi connectivity index (χ4v) is 2.79. The van der Waals surface area contributed by atoms with Crippen LogP contribution in [0.5, 0.6) is 0 Å². The summed E-state index contributed by atoms with van der Waals surface area (Å²) in [5.41, 5.74) is 0. The lowest BCUT2D eigenvalue weighted by atomic mass is 9.92. The Morgan fingerprint density at radius 3 is 2.50 bits per heavy atom. The van der Waals surface area contributed by atoms with E-state index in [9.17, 15) is 0 Å². The monoisotopic (exact) mass is 285 g/mol. The Morgan fingerprint density at radius 2 is 1.90 bits per heavy atom. The van der Waals surface area contributed by atoms with E-state index in [2.05, 4.69) is 29.1 Å². The molecule has 0 aromatic carbocycles. The minimum absolute atomic E-state index is 0.665. The molecule has 2 unspecified atom stereocenters. The molecule has 1 fully saturated rings. The molecule has 118 valence electrons. The zero-order valence-corrected chi connectivity index (χ0v) is 13.5. The number of nitrogens with zero attached hydrogens (tertiary/aromatic N) is 2. The summed E-state index contributed by atoms with van der Waals surface area (Å²) in [5.74, 6) is 2.52. The van der Waals surface area contributed by atoms with Gasteiger partial charge in [0.2, 0.25) is 0 Å². The van der Waals surface area contributed by atoms with Crippen molar-refractivity contribution >= 4 is 5.96 Å². The van der Waals surface area contributed by atoms with Crippen LogP contribution in [0.4, 0.5) is 0 Å². The van der Waals surface area contributed by atoms with Gasteiger partial charge in [0.15, 0.2) is 5.96 Å². The van der Waals surface area contributed by atoms with Crippen LogP contribution >= 0.6 is 0 Å².